The first-order valence-electron chi connectivity index (χ1n) is 9.09. The van der Waals surface area contributed by atoms with E-state index in [4.69, 9.17) is 29.1 Å². The van der Waals surface area contributed by atoms with Crippen molar-refractivity contribution in [1.29, 1.82) is 0 Å². The molecule has 0 saturated heterocycles. The molecule has 0 fully saturated rings. The van der Waals surface area contributed by atoms with Gasteiger partial charge in [-0.2, -0.15) is 0 Å². The Morgan fingerprint density at radius 3 is 1.23 bits per heavy atom. The van der Waals surface area contributed by atoms with E-state index in [0.717, 1.165) is 21.8 Å². The predicted molar refractivity (Wildman–Crippen MR) is 125 cm³/mol. The zero-order chi connectivity index (χ0) is 20.9. The molecule has 5 aromatic rings. The summed E-state index contributed by atoms with van der Waals surface area (Å²) in [5, 5.41) is 2.26. The Balaban J connectivity index is 0.000000503. The molecule has 151 valence electrons. The van der Waals surface area contributed by atoms with Crippen molar-refractivity contribution in [3.63, 3.8) is 0 Å². The molecular weight excluding hydrogens is 524 g/mol. The van der Waals surface area contributed by atoms with E-state index in [1.807, 2.05) is 24.5 Å². The van der Waals surface area contributed by atoms with Gasteiger partial charge in [-0.05, 0) is 34.4 Å². The largest absolute Gasteiger partial charge is 0.254 e. The standard InChI is InChI=1S/C24H16N2.3ClH.Ru/c1-3-7-17(8-4-1)19-13-15-25-23-21(19)11-12-22-20(14-16-26-24(22)23)18-9-5-2-6-10-18;;;;/h1-16H;3*1H;/q;;;;+3/p-3. The minimum atomic E-state index is -1.75. The average molecular weight is 540 g/mol. The van der Waals surface area contributed by atoms with E-state index in [0.29, 0.717) is 0 Å². The Kier molecular flexibility index (Phi) is 6.97. The summed E-state index contributed by atoms with van der Waals surface area (Å²) in [6.07, 6.45) is 3.75. The Hall–Kier alpha value is -2.03. The molecule has 0 amide bonds. The van der Waals surface area contributed by atoms with Gasteiger partial charge < -0.3 is 0 Å². The van der Waals surface area contributed by atoms with Gasteiger partial charge >= 0.3 is 42.1 Å². The molecule has 6 heteroatoms. The summed E-state index contributed by atoms with van der Waals surface area (Å²) in [5.41, 5.74) is 6.65. The summed E-state index contributed by atoms with van der Waals surface area (Å²) < 4.78 is 0. The molecule has 0 aliphatic rings. The van der Waals surface area contributed by atoms with E-state index < -0.39 is 13.0 Å². The summed E-state index contributed by atoms with van der Waals surface area (Å²) in [5.74, 6) is 0. The fourth-order valence-electron chi connectivity index (χ4n) is 3.57. The van der Waals surface area contributed by atoms with Crippen LogP contribution in [-0.2, 0) is 13.0 Å². The van der Waals surface area contributed by atoms with Crippen LogP contribution in [0, 0.1) is 0 Å². The third kappa shape index (κ3) is 4.66. The quantitative estimate of drug-likeness (QED) is 0.167. The van der Waals surface area contributed by atoms with Crippen molar-refractivity contribution in [3.8, 4) is 22.3 Å². The van der Waals surface area contributed by atoms with Crippen LogP contribution < -0.4 is 0 Å². The molecule has 0 spiro atoms. The molecule has 30 heavy (non-hydrogen) atoms. The number of pyridine rings is 2. The van der Waals surface area contributed by atoms with Gasteiger partial charge in [-0.1, -0.05) is 72.8 Å². The second-order valence-corrected chi connectivity index (χ2v) is 14.4. The number of aromatic nitrogens is 2. The second-order valence-electron chi connectivity index (χ2n) is 6.46. The summed E-state index contributed by atoms with van der Waals surface area (Å²) in [6, 6.07) is 29.3. The molecule has 5 rings (SSSR count). The molecule has 0 saturated carbocycles. The Morgan fingerprint density at radius 2 is 0.867 bits per heavy atom. The van der Waals surface area contributed by atoms with Crippen molar-refractivity contribution in [2.75, 3.05) is 0 Å². The zero-order valence-corrected chi connectivity index (χ0v) is 19.6. The van der Waals surface area contributed by atoms with E-state index in [9.17, 15) is 0 Å². The van der Waals surface area contributed by atoms with Gasteiger partial charge in [0.1, 0.15) is 0 Å². The SMILES string of the molecule is [Cl][Ru]([Cl])[Cl].c1ccc(-c2ccnc3c2ccc2c(-c4ccccc4)ccnc23)cc1. The summed E-state index contributed by atoms with van der Waals surface area (Å²) in [6.45, 7) is 0. The molecule has 3 aromatic carbocycles. The van der Waals surface area contributed by atoms with Crippen LogP contribution in [-0.4, -0.2) is 9.97 Å². The molecule has 0 atom stereocenters. The normalized spacial score (nSPS) is 11.1. The van der Waals surface area contributed by atoms with Gasteiger partial charge in [0.15, 0.2) is 0 Å². The van der Waals surface area contributed by atoms with Gasteiger partial charge in [0.05, 0.1) is 11.0 Å². The first kappa shape index (κ1) is 21.2. The van der Waals surface area contributed by atoms with E-state index in [-0.39, 0.29) is 0 Å². The smallest absolute Gasteiger partial charge is 0.0970 e. The van der Waals surface area contributed by atoms with E-state index in [1.165, 1.54) is 22.3 Å². The number of benzene rings is 3. The topological polar surface area (TPSA) is 25.8 Å². The van der Waals surface area contributed by atoms with Crippen LogP contribution in [0.25, 0.3) is 44.1 Å². The van der Waals surface area contributed by atoms with Gasteiger partial charge in [-0.15, -0.1) is 0 Å². The van der Waals surface area contributed by atoms with Crippen LogP contribution in [0.4, 0.5) is 0 Å². The summed E-state index contributed by atoms with van der Waals surface area (Å²) in [4.78, 5) is 9.34. The Bertz CT molecular complexity index is 1180. The number of fused-ring (bicyclic) bond motifs is 3. The third-order valence-electron chi connectivity index (χ3n) is 4.79. The van der Waals surface area contributed by atoms with Crippen LogP contribution in [0.15, 0.2) is 97.3 Å². The van der Waals surface area contributed by atoms with E-state index >= 15 is 0 Å². The molecule has 0 radical (unpaired) electrons. The van der Waals surface area contributed by atoms with Gasteiger partial charge in [0.2, 0.25) is 0 Å². The van der Waals surface area contributed by atoms with Crippen molar-refractivity contribution in [1.82, 2.24) is 9.97 Å². The van der Waals surface area contributed by atoms with E-state index in [1.54, 1.807) is 0 Å². The second kappa shape index (κ2) is 9.85. The number of nitrogens with zero attached hydrogens (tertiary/aromatic N) is 2. The zero-order valence-electron chi connectivity index (χ0n) is 15.6. The van der Waals surface area contributed by atoms with Gasteiger partial charge in [0, 0.05) is 23.2 Å². The van der Waals surface area contributed by atoms with Crippen molar-refractivity contribution >= 4 is 50.9 Å². The van der Waals surface area contributed by atoms with Crippen molar-refractivity contribution < 1.29 is 13.0 Å². The Labute approximate surface area is 192 Å². The third-order valence-corrected chi connectivity index (χ3v) is 4.79. The fraction of sp³-hybridized carbons (Fsp3) is 0. The molecule has 0 bridgehead atoms. The molecule has 2 heterocycles. The molecule has 0 aliphatic carbocycles. The minimum Gasteiger partial charge on any atom is -0.254 e. The van der Waals surface area contributed by atoms with Gasteiger partial charge in [0.25, 0.3) is 0 Å². The maximum Gasteiger partial charge on any atom is 0.0970 e. The molecule has 0 unspecified atom stereocenters. The number of halogens is 3. The maximum atomic E-state index is 4.95. The van der Waals surface area contributed by atoms with Crippen molar-refractivity contribution in [2.45, 2.75) is 0 Å². The summed E-state index contributed by atoms with van der Waals surface area (Å²) >= 11 is -1.75. The molecule has 0 aliphatic heterocycles. The van der Waals surface area contributed by atoms with Crippen LogP contribution in [0.5, 0.6) is 0 Å². The van der Waals surface area contributed by atoms with Gasteiger partial charge in [-0.3, -0.25) is 9.97 Å². The minimum absolute atomic E-state index is 0.946. The van der Waals surface area contributed by atoms with Crippen molar-refractivity contribution in [3.05, 3.63) is 97.3 Å². The van der Waals surface area contributed by atoms with Gasteiger partial charge in [-0.25, -0.2) is 0 Å². The van der Waals surface area contributed by atoms with Crippen LogP contribution in [0.3, 0.4) is 0 Å². The molecule has 0 N–H and O–H groups in total. The van der Waals surface area contributed by atoms with Crippen LogP contribution in [0.1, 0.15) is 0 Å². The van der Waals surface area contributed by atoms with Crippen LogP contribution >= 0.6 is 29.1 Å². The Morgan fingerprint density at radius 1 is 0.500 bits per heavy atom. The molecular formula is C24H16Cl3N2Ru. The number of hydrogen-bond donors (Lipinski definition) is 0. The van der Waals surface area contributed by atoms with Crippen molar-refractivity contribution in [2.24, 2.45) is 0 Å². The number of rotatable bonds is 2. The van der Waals surface area contributed by atoms with Crippen LogP contribution in [0.2, 0.25) is 0 Å². The fourth-order valence-corrected chi connectivity index (χ4v) is 3.57. The number of hydrogen-bond acceptors (Lipinski definition) is 2. The van der Waals surface area contributed by atoms with E-state index in [2.05, 4.69) is 82.8 Å². The first-order valence-corrected chi connectivity index (χ1v) is 15.8. The summed E-state index contributed by atoms with van der Waals surface area (Å²) in [7, 11) is 14.8. The molecule has 2 nitrogen and oxygen atoms in total. The monoisotopic (exact) mass is 539 g/mol. The predicted octanol–water partition coefficient (Wildman–Crippen LogP) is 8.18. The maximum absolute atomic E-state index is 4.95. The first-order chi connectivity index (χ1) is 14.6. The average Bonchev–Trinajstić information content (AvgIpc) is 2.79. The molecule has 2 aromatic heterocycles.